The van der Waals surface area contributed by atoms with Crippen molar-refractivity contribution < 1.29 is 45.0 Å². The molecular weight excluding hydrogens is 442 g/mol. The minimum absolute atomic E-state index is 0.220. The lowest BCUT2D eigenvalue weighted by molar-refractivity contribution is -0.322. The zero-order valence-corrected chi connectivity index (χ0v) is 16.3. The summed E-state index contributed by atoms with van der Waals surface area (Å²) in [5.74, 6) is -17.8. The van der Waals surface area contributed by atoms with E-state index in [-0.39, 0.29) is 11.3 Å². The molecule has 170 valence electrons. The van der Waals surface area contributed by atoms with Crippen LogP contribution in [-0.4, -0.2) is 37.0 Å². The van der Waals surface area contributed by atoms with Crippen molar-refractivity contribution in [3.05, 3.63) is 67.3 Å². The summed E-state index contributed by atoms with van der Waals surface area (Å²) in [5.41, 5.74) is 0.967. The van der Waals surface area contributed by atoms with Crippen LogP contribution in [0.1, 0.15) is 0 Å². The monoisotopic (exact) mass is 458 g/mol. The Morgan fingerprint density at radius 2 is 1.59 bits per heavy atom. The van der Waals surface area contributed by atoms with Gasteiger partial charge in [0.15, 0.2) is 13.2 Å². The first-order valence-electron chi connectivity index (χ1n) is 9.11. The van der Waals surface area contributed by atoms with Gasteiger partial charge in [0, 0.05) is 23.1 Å². The standard InChI is InChI=1S/C22H16F6O4/c1-2-19(29)31-13-21(25,26)22(27,28)20(23,24)12-30-16-9-8-15-10-17(32-18(15)11-16)14-6-4-3-5-7-14/h2-11H,1,12-13H2. The van der Waals surface area contributed by atoms with E-state index < -0.39 is 37.0 Å². The number of fused-ring (bicyclic) bond motifs is 1. The summed E-state index contributed by atoms with van der Waals surface area (Å²) in [7, 11) is 0. The van der Waals surface area contributed by atoms with Crippen LogP contribution < -0.4 is 4.74 Å². The van der Waals surface area contributed by atoms with Crippen LogP contribution in [0.15, 0.2) is 71.7 Å². The number of hydrogen-bond acceptors (Lipinski definition) is 4. The van der Waals surface area contributed by atoms with E-state index in [1.54, 1.807) is 36.4 Å². The van der Waals surface area contributed by atoms with Crippen LogP contribution in [0.5, 0.6) is 5.75 Å². The molecule has 0 fully saturated rings. The molecule has 0 spiro atoms. The molecule has 0 unspecified atom stereocenters. The van der Waals surface area contributed by atoms with Gasteiger partial charge in [0.05, 0.1) is 0 Å². The molecule has 0 aliphatic carbocycles. The Balaban J connectivity index is 1.74. The lowest BCUT2D eigenvalue weighted by Crippen LogP contribution is -2.58. The molecule has 2 aromatic carbocycles. The number of furan rings is 1. The number of halogens is 6. The summed E-state index contributed by atoms with van der Waals surface area (Å²) < 4.78 is 97.2. The molecule has 0 atom stereocenters. The number of esters is 1. The van der Waals surface area contributed by atoms with Gasteiger partial charge in [0.2, 0.25) is 0 Å². The smallest absolute Gasteiger partial charge is 0.378 e. The summed E-state index contributed by atoms with van der Waals surface area (Å²) in [6.45, 7) is -1.41. The summed E-state index contributed by atoms with van der Waals surface area (Å²) in [6.07, 6.45) is 0.434. The molecule has 3 rings (SSSR count). The normalized spacial score (nSPS) is 12.6. The van der Waals surface area contributed by atoms with Crippen LogP contribution >= 0.6 is 0 Å². The summed E-state index contributed by atoms with van der Waals surface area (Å²) in [5, 5.41) is 0.587. The molecule has 32 heavy (non-hydrogen) atoms. The third-order valence-corrected chi connectivity index (χ3v) is 4.45. The van der Waals surface area contributed by atoms with Crippen LogP contribution in [0.2, 0.25) is 0 Å². The van der Waals surface area contributed by atoms with Crippen LogP contribution in [-0.2, 0) is 9.53 Å². The average molecular weight is 458 g/mol. The first kappa shape index (κ1) is 23.2. The number of hydrogen-bond donors (Lipinski definition) is 0. The van der Waals surface area contributed by atoms with Gasteiger partial charge in [0.25, 0.3) is 0 Å². The minimum Gasteiger partial charge on any atom is -0.487 e. The Morgan fingerprint density at radius 1 is 0.938 bits per heavy atom. The maximum atomic E-state index is 14.0. The van der Waals surface area contributed by atoms with E-state index in [0.29, 0.717) is 17.2 Å². The molecule has 0 saturated carbocycles. The Labute approximate surface area is 178 Å². The average Bonchev–Trinajstić information content (AvgIpc) is 3.20. The van der Waals surface area contributed by atoms with Crippen molar-refractivity contribution in [1.82, 2.24) is 0 Å². The fourth-order valence-corrected chi connectivity index (χ4v) is 2.69. The van der Waals surface area contributed by atoms with Gasteiger partial charge >= 0.3 is 23.7 Å². The van der Waals surface area contributed by atoms with E-state index in [0.717, 1.165) is 5.56 Å². The van der Waals surface area contributed by atoms with Gasteiger partial charge in [-0.1, -0.05) is 36.9 Å². The van der Waals surface area contributed by atoms with Crippen LogP contribution in [0.25, 0.3) is 22.3 Å². The van der Waals surface area contributed by atoms with Gasteiger partial charge in [-0.2, -0.15) is 26.3 Å². The highest BCUT2D eigenvalue weighted by molar-refractivity contribution is 5.84. The second kappa shape index (κ2) is 8.60. The Kier molecular flexibility index (Phi) is 6.25. The number of alkyl halides is 6. The van der Waals surface area contributed by atoms with Crippen LogP contribution in [0.3, 0.4) is 0 Å². The van der Waals surface area contributed by atoms with E-state index >= 15 is 0 Å². The SMILES string of the molecule is C=CC(=O)OCC(F)(F)C(F)(F)C(F)(F)COc1ccc2cc(-c3ccccc3)oc2c1. The largest absolute Gasteiger partial charge is 0.487 e. The predicted octanol–water partition coefficient (Wildman–Crippen LogP) is 6.11. The second-order valence-electron chi connectivity index (χ2n) is 6.76. The second-order valence-corrected chi connectivity index (χ2v) is 6.76. The van der Waals surface area contributed by atoms with Crippen molar-refractivity contribution in [3.8, 4) is 17.1 Å². The maximum absolute atomic E-state index is 14.0. The lowest BCUT2D eigenvalue weighted by atomic mass is 10.1. The fraction of sp³-hybridized carbons (Fsp3) is 0.227. The molecule has 0 N–H and O–H groups in total. The van der Waals surface area contributed by atoms with Gasteiger partial charge in [-0.3, -0.25) is 0 Å². The van der Waals surface area contributed by atoms with Crippen molar-refractivity contribution >= 4 is 16.9 Å². The van der Waals surface area contributed by atoms with Gasteiger partial charge < -0.3 is 13.9 Å². The van der Waals surface area contributed by atoms with Crippen LogP contribution in [0.4, 0.5) is 26.3 Å². The first-order chi connectivity index (χ1) is 15.0. The molecule has 0 aliphatic rings. The lowest BCUT2D eigenvalue weighted by Gasteiger charge is -2.32. The van der Waals surface area contributed by atoms with E-state index in [2.05, 4.69) is 16.1 Å². The number of benzene rings is 2. The molecule has 0 amide bonds. The van der Waals surface area contributed by atoms with E-state index in [4.69, 9.17) is 4.42 Å². The number of ether oxygens (including phenoxy) is 2. The number of carbonyl (C=O) groups is 1. The zero-order chi connectivity index (χ0) is 23.6. The molecule has 0 radical (unpaired) electrons. The topological polar surface area (TPSA) is 48.7 Å². The fourth-order valence-electron chi connectivity index (χ4n) is 2.69. The molecule has 3 aromatic rings. The van der Waals surface area contributed by atoms with Gasteiger partial charge in [-0.25, -0.2) is 4.79 Å². The van der Waals surface area contributed by atoms with E-state index in [1.807, 2.05) is 0 Å². The highest BCUT2D eigenvalue weighted by Gasteiger charge is 2.72. The predicted molar refractivity (Wildman–Crippen MR) is 103 cm³/mol. The van der Waals surface area contributed by atoms with Gasteiger partial charge in [-0.15, -0.1) is 0 Å². The number of rotatable bonds is 9. The van der Waals surface area contributed by atoms with Crippen molar-refractivity contribution in [2.75, 3.05) is 13.2 Å². The summed E-state index contributed by atoms with van der Waals surface area (Å²) in [4.78, 5) is 10.8. The Morgan fingerprint density at radius 3 is 2.25 bits per heavy atom. The van der Waals surface area contributed by atoms with Crippen molar-refractivity contribution in [2.45, 2.75) is 17.8 Å². The summed E-state index contributed by atoms with van der Waals surface area (Å²) >= 11 is 0. The maximum Gasteiger partial charge on any atom is 0.378 e. The quantitative estimate of drug-likeness (QED) is 0.220. The van der Waals surface area contributed by atoms with Crippen LogP contribution in [0, 0.1) is 0 Å². The van der Waals surface area contributed by atoms with E-state index in [9.17, 15) is 31.1 Å². The highest BCUT2D eigenvalue weighted by atomic mass is 19.3. The van der Waals surface area contributed by atoms with Crippen molar-refractivity contribution in [2.24, 2.45) is 0 Å². The van der Waals surface area contributed by atoms with Crippen molar-refractivity contribution in [3.63, 3.8) is 0 Å². The minimum atomic E-state index is -5.86. The summed E-state index contributed by atoms with van der Waals surface area (Å²) in [6, 6.07) is 14.5. The third-order valence-electron chi connectivity index (χ3n) is 4.45. The van der Waals surface area contributed by atoms with Gasteiger partial charge in [0.1, 0.15) is 17.1 Å². The Bertz CT molecular complexity index is 1110. The molecule has 10 heteroatoms. The molecule has 0 bridgehead atoms. The molecule has 0 aliphatic heterocycles. The van der Waals surface area contributed by atoms with E-state index in [1.165, 1.54) is 18.2 Å². The van der Waals surface area contributed by atoms with Gasteiger partial charge in [-0.05, 0) is 18.2 Å². The molecule has 4 nitrogen and oxygen atoms in total. The van der Waals surface area contributed by atoms with Crippen molar-refractivity contribution in [1.29, 1.82) is 0 Å². The Hall–Kier alpha value is -3.43. The molecule has 0 saturated heterocycles. The molecule has 1 heterocycles. The first-order valence-corrected chi connectivity index (χ1v) is 9.11. The number of carbonyl (C=O) groups excluding carboxylic acids is 1. The molecular formula is C22H16F6O4. The third kappa shape index (κ3) is 4.58. The zero-order valence-electron chi connectivity index (χ0n) is 16.3. The molecule has 1 aromatic heterocycles. The highest BCUT2D eigenvalue weighted by Crippen LogP contribution is 2.46.